The Morgan fingerprint density at radius 2 is 2.25 bits per heavy atom. The first-order valence-electron chi connectivity index (χ1n) is 5.47. The Hall–Kier alpha value is -1.27. The van der Waals surface area contributed by atoms with Crippen molar-refractivity contribution in [2.45, 2.75) is 33.1 Å². The van der Waals surface area contributed by atoms with Crippen LogP contribution in [0.4, 0.5) is 5.82 Å². The molecule has 0 atom stereocenters. The second kappa shape index (κ2) is 7.08. The Morgan fingerprint density at radius 3 is 2.94 bits per heavy atom. The van der Waals surface area contributed by atoms with Gasteiger partial charge in [-0.1, -0.05) is 25.7 Å². The summed E-state index contributed by atoms with van der Waals surface area (Å²) in [6.45, 7) is 4.85. The van der Waals surface area contributed by atoms with Crippen LogP contribution in [0.5, 0.6) is 0 Å². The smallest absolute Gasteiger partial charge is 0.224 e. The molecule has 0 bridgehead atoms. The van der Waals surface area contributed by atoms with Crippen LogP contribution in [0.25, 0.3) is 0 Å². The summed E-state index contributed by atoms with van der Waals surface area (Å²) in [5.41, 5.74) is 0.795. The summed E-state index contributed by atoms with van der Waals surface area (Å²) in [4.78, 5) is 8.04. The first-order valence-corrected chi connectivity index (χ1v) is 5.85. The van der Waals surface area contributed by atoms with E-state index in [2.05, 4.69) is 34.0 Å². The van der Waals surface area contributed by atoms with Gasteiger partial charge in [-0.15, -0.1) is 5.92 Å². The van der Waals surface area contributed by atoms with Crippen LogP contribution in [0.1, 0.15) is 38.7 Å². The molecule has 16 heavy (non-hydrogen) atoms. The molecule has 0 aromatic carbocycles. The van der Waals surface area contributed by atoms with Crippen LogP contribution < -0.4 is 5.32 Å². The summed E-state index contributed by atoms with van der Waals surface area (Å²) < 4.78 is 0. The quantitative estimate of drug-likeness (QED) is 0.486. The average molecular weight is 238 g/mol. The summed E-state index contributed by atoms with van der Waals surface area (Å²) in [7, 11) is 0. The van der Waals surface area contributed by atoms with Crippen LogP contribution in [-0.4, -0.2) is 16.5 Å². The third kappa shape index (κ3) is 4.08. The molecule has 3 nitrogen and oxygen atoms in total. The molecule has 86 valence electrons. The summed E-state index contributed by atoms with van der Waals surface area (Å²) in [6.07, 6.45) is 5.18. The standard InChI is InChI=1S/C12H16ClN3/c1-3-5-6-8-14-11-10(7-4-2)9-15-12(13)16-11/h9H,3,5-6,8H2,1-2H3,(H,14,15,16). The van der Waals surface area contributed by atoms with Crippen LogP contribution >= 0.6 is 11.6 Å². The lowest BCUT2D eigenvalue weighted by molar-refractivity contribution is 0.742. The lowest BCUT2D eigenvalue weighted by Gasteiger charge is -2.06. The van der Waals surface area contributed by atoms with Crippen molar-refractivity contribution in [3.63, 3.8) is 0 Å². The van der Waals surface area contributed by atoms with Crippen LogP contribution in [0.3, 0.4) is 0 Å². The van der Waals surface area contributed by atoms with Gasteiger partial charge in [-0.3, -0.25) is 0 Å². The zero-order valence-corrected chi connectivity index (χ0v) is 10.4. The summed E-state index contributed by atoms with van der Waals surface area (Å²) in [5, 5.41) is 3.49. The van der Waals surface area contributed by atoms with Crippen molar-refractivity contribution in [3.8, 4) is 11.8 Å². The van der Waals surface area contributed by atoms with E-state index in [0.717, 1.165) is 24.3 Å². The van der Waals surface area contributed by atoms with Crippen molar-refractivity contribution in [3.05, 3.63) is 17.0 Å². The molecule has 0 unspecified atom stereocenters. The number of aromatic nitrogens is 2. The fourth-order valence-corrected chi connectivity index (χ4v) is 1.44. The Labute approximate surface area is 102 Å². The molecule has 0 radical (unpaired) electrons. The molecule has 4 heteroatoms. The van der Waals surface area contributed by atoms with Crippen molar-refractivity contribution in [1.29, 1.82) is 0 Å². The first-order chi connectivity index (χ1) is 7.77. The minimum absolute atomic E-state index is 0.250. The number of halogens is 1. The molecule has 1 N–H and O–H groups in total. The van der Waals surface area contributed by atoms with E-state index in [1.54, 1.807) is 13.1 Å². The Balaban J connectivity index is 2.67. The fourth-order valence-electron chi connectivity index (χ4n) is 1.30. The van der Waals surface area contributed by atoms with Crippen molar-refractivity contribution >= 4 is 17.4 Å². The van der Waals surface area contributed by atoms with E-state index in [1.807, 2.05) is 0 Å². The molecule has 0 aliphatic carbocycles. The topological polar surface area (TPSA) is 37.8 Å². The van der Waals surface area contributed by atoms with Gasteiger partial charge in [0.05, 0.1) is 5.56 Å². The Bertz CT molecular complexity index is 393. The normalized spacial score (nSPS) is 9.44. The van der Waals surface area contributed by atoms with Gasteiger partial charge in [-0.25, -0.2) is 4.98 Å². The third-order valence-electron chi connectivity index (χ3n) is 2.09. The largest absolute Gasteiger partial charge is 0.369 e. The zero-order valence-electron chi connectivity index (χ0n) is 9.68. The molecule has 0 spiro atoms. The first kappa shape index (κ1) is 12.8. The maximum Gasteiger partial charge on any atom is 0.224 e. The van der Waals surface area contributed by atoms with E-state index in [9.17, 15) is 0 Å². The number of nitrogens with one attached hydrogen (secondary N) is 1. The fraction of sp³-hybridized carbons (Fsp3) is 0.500. The second-order valence-corrected chi connectivity index (χ2v) is 3.75. The number of unbranched alkanes of at least 4 members (excludes halogenated alkanes) is 2. The van der Waals surface area contributed by atoms with Crippen LogP contribution in [0.15, 0.2) is 6.20 Å². The highest BCUT2D eigenvalue weighted by molar-refractivity contribution is 6.28. The van der Waals surface area contributed by atoms with E-state index >= 15 is 0 Å². The van der Waals surface area contributed by atoms with Crippen LogP contribution in [0, 0.1) is 11.8 Å². The van der Waals surface area contributed by atoms with Crippen molar-refractivity contribution in [1.82, 2.24) is 9.97 Å². The van der Waals surface area contributed by atoms with Crippen molar-refractivity contribution < 1.29 is 0 Å². The number of rotatable bonds is 5. The van der Waals surface area contributed by atoms with E-state index in [-0.39, 0.29) is 5.28 Å². The SMILES string of the molecule is CC#Cc1cnc(Cl)nc1NCCCCC. The van der Waals surface area contributed by atoms with Gasteiger partial charge in [0.15, 0.2) is 0 Å². The van der Waals surface area contributed by atoms with Crippen LogP contribution in [-0.2, 0) is 0 Å². The third-order valence-corrected chi connectivity index (χ3v) is 2.27. The maximum atomic E-state index is 5.75. The van der Waals surface area contributed by atoms with Crippen LogP contribution in [0.2, 0.25) is 5.28 Å². The molecule has 1 aromatic heterocycles. The summed E-state index contributed by atoms with van der Waals surface area (Å²) >= 11 is 5.75. The number of nitrogens with zero attached hydrogens (tertiary/aromatic N) is 2. The predicted molar refractivity (Wildman–Crippen MR) is 67.6 cm³/mol. The highest BCUT2D eigenvalue weighted by Gasteiger charge is 2.03. The molecule has 0 aliphatic rings. The average Bonchev–Trinajstić information content (AvgIpc) is 2.28. The van der Waals surface area contributed by atoms with Gasteiger partial charge in [0.1, 0.15) is 5.82 Å². The molecule has 0 fully saturated rings. The minimum atomic E-state index is 0.250. The van der Waals surface area contributed by atoms with Gasteiger partial charge in [0.2, 0.25) is 5.28 Å². The molecular formula is C12H16ClN3. The molecule has 0 saturated carbocycles. The van der Waals surface area contributed by atoms with Crippen molar-refractivity contribution in [2.75, 3.05) is 11.9 Å². The van der Waals surface area contributed by atoms with Gasteiger partial charge < -0.3 is 5.32 Å². The zero-order chi connectivity index (χ0) is 11.8. The van der Waals surface area contributed by atoms with E-state index in [0.29, 0.717) is 0 Å². The molecular weight excluding hydrogens is 222 g/mol. The number of hydrogen-bond acceptors (Lipinski definition) is 3. The van der Waals surface area contributed by atoms with Gasteiger partial charge >= 0.3 is 0 Å². The predicted octanol–water partition coefficient (Wildman–Crippen LogP) is 3.10. The van der Waals surface area contributed by atoms with Gasteiger partial charge in [0, 0.05) is 12.7 Å². The van der Waals surface area contributed by atoms with Gasteiger partial charge in [0.25, 0.3) is 0 Å². The maximum absolute atomic E-state index is 5.75. The minimum Gasteiger partial charge on any atom is -0.369 e. The van der Waals surface area contributed by atoms with Gasteiger partial charge in [-0.05, 0) is 24.9 Å². The molecule has 0 aliphatic heterocycles. The summed E-state index contributed by atoms with van der Waals surface area (Å²) in [6, 6.07) is 0. The molecule has 0 saturated heterocycles. The second-order valence-electron chi connectivity index (χ2n) is 3.41. The molecule has 0 amide bonds. The number of anilines is 1. The van der Waals surface area contributed by atoms with E-state index in [1.165, 1.54) is 12.8 Å². The molecule has 1 aromatic rings. The van der Waals surface area contributed by atoms with E-state index in [4.69, 9.17) is 11.6 Å². The lowest BCUT2D eigenvalue weighted by Crippen LogP contribution is -2.06. The summed E-state index contributed by atoms with van der Waals surface area (Å²) in [5.74, 6) is 6.51. The molecule has 1 rings (SSSR count). The Morgan fingerprint density at radius 1 is 1.44 bits per heavy atom. The monoisotopic (exact) mass is 237 g/mol. The van der Waals surface area contributed by atoms with E-state index < -0.39 is 0 Å². The highest BCUT2D eigenvalue weighted by atomic mass is 35.5. The molecule has 1 heterocycles. The lowest BCUT2D eigenvalue weighted by atomic mass is 10.2. The van der Waals surface area contributed by atoms with Crippen molar-refractivity contribution in [2.24, 2.45) is 0 Å². The highest BCUT2D eigenvalue weighted by Crippen LogP contribution is 2.13. The Kier molecular flexibility index (Phi) is 5.66. The number of hydrogen-bond donors (Lipinski definition) is 1. The van der Waals surface area contributed by atoms with Gasteiger partial charge in [-0.2, -0.15) is 4.98 Å².